The van der Waals surface area contributed by atoms with Gasteiger partial charge in [-0.1, -0.05) is 36.0 Å². The highest BCUT2D eigenvalue weighted by Crippen LogP contribution is 2.23. The Kier molecular flexibility index (Phi) is 5.97. The van der Waals surface area contributed by atoms with Crippen molar-refractivity contribution in [2.45, 2.75) is 25.2 Å². The molecule has 0 spiro atoms. The molecule has 3 amide bonds. The second-order valence-corrected chi connectivity index (χ2v) is 6.82. The van der Waals surface area contributed by atoms with Crippen LogP contribution in [0.4, 0.5) is 10.5 Å². The third-order valence-electron chi connectivity index (χ3n) is 3.98. The van der Waals surface area contributed by atoms with E-state index in [2.05, 4.69) is 27.1 Å². The van der Waals surface area contributed by atoms with Crippen molar-refractivity contribution in [2.24, 2.45) is 5.73 Å². The number of aromatic nitrogens is 2. The number of para-hydroxylation sites is 2. The van der Waals surface area contributed by atoms with Crippen LogP contribution in [0.15, 0.2) is 53.7 Å². The van der Waals surface area contributed by atoms with E-state index < -0.39 is 6.03 Å². The fraction of sp³-hybridized carbons (Fsp3) is 0.211. The first-order chi connectivity index (χ1) is 13.1. The smallest absolute Gasteiger partial charge is 0.316 e. The number of aryl methyl sites for hydroxylation is 1. The number of nitrogens with two attached hydrogens (primary N) is 1. The first-order valence-electron chi connectivity index (χ1n) is 8.57. The van der Waals surface area contributed by atoms with Crippen molar-refractivity contribution in [3.8, 4) is 0 Å². The number of hydrogen-bond acceptors (Lipinski definition) is 4. The van der Waals surface area contributed by atoms with Crippen molar-refractivity contribution in [2.75, 3.05) is 11.1 Å². The highest BCUT2D eigenvalue weighted by molar-refractivity contribution is 7.99. The quantitative estimate of drug-likeness (QED) is 0.546. The number of thioether (sulfide) groups is 1. The first-order valence-corrected chi connectivity index (χ1v) is 9.55. The molecule has 3 rings (SSSR count). The number of imidazole rings is 1. The predicted octanol–water partition coefficient (Wildman–Crippen LogP) is 2.96. The van der Waals surface area contributed by atoms with Crippen LogP contribution in [0.2, 0.25) is 0 Å². The number of benzene rings is 2. The molecule has 0 saturated heterocycles. The van der Waals surface area contributed by atoms with Crippen LogP contribution in [0.5, 0.6) is 0 Å². The number of anilines is 1. The Morgan fingerprint density at radius 3 is 2.59 bits per heavy atom. The molecule has 140 valence electrons. The Hall–Kier alpha value is -3.00. The van der Waals surface area contributed by atoms with Gasteiger partial charge in [-0.05, 0) is 36.8 Å². The van der Waals surface area contributed by atoms with Gasteiger partial charge in [0.15, 0.2) is 5.16 Å². The van der Waals surface area contributed by atoms with Crippen molar-refractivity contribution in [1.82, 2.24) is 14.9 Å². The number of fused-ring (bicyclic) bond motifs is 1. The maximum Gasteiger partial charge on any atom is 0.316 e. The molecule has 0 saturated carbocycles. The lowest BCUT2D eigenvalue weighted by Crippen LogP contribution is -2.24. The average Bonchev–Trinajstić information content (AvgIpc) is 3.03. The van der Waals surface area contributed by atoms with Gasteiger partial charge in [-0.25, -0.2) is 9.78 Å². The Bertz CT molecular complexity index is 952. The highest BCUT2D eigenvalue weighted by atomic mass is 32.2. The third-order valence-corrected chi connectivity index (χ3v) is 4.96. The molecular weight excluding hydrogens is 362 g/mol. The molecule has 1 aromatic heterocycles. The molecule has 0 atom stereocenters. The number of amides is 3. The van der Waals surface area contributed by atoms with E-state index >= 15 is 0 Å². The number of primary amides is 1. The Morgan fingerprint density at radius 1 is 1.15 bits per heavy atom. The van der Waals surface area contributed by atoms with Gasteiger partial charge in [-0.2, -0.15) is 0 Å². The Labute approximate surface area is 161 Å². The number of nitrogens with one attached hydrogen (secondary N) is 2. The maximum atomic E-state index is 12.2. The summed E-state index contributed by atoms with van der Waals surface area (Å²) in [6, 6.07) is 14.5. The summed E-state index contributed by atoms with van der Waals surface area (Å²) in [6.07, 6.45) is 0. The van der Waals surface area contributed by atoms with Gasteiger partial charge in [0.25, 0.3) is 0 Å². The minimum absolute atomic E-state index is 0.0611. The molecule has 4 N–H and O–H groups in total. The second-order valence-electron chi connectivity index (χ2n) is 5.88. The number of hydrogen-bond donors (Lipinski definition) is 3. The summed E-state index contributed by atoms with van der Waals surface area (Å²) in [6.45, 7) is 3.28. The summed E-state index contributed by atoms with van der Waals surface area (Å²) >= 11 is 1.43. The van der Waals surface area contributed by atoms with E-state index in [-0.39, 0.29) is 5.91 Å². The lowest BCUT2D eigenvalue weighted by Gasteiger charge is -2.08. The highest BCUT2D eigenvalue weighted by Gasteiger charge is 2.11. The third kappa shape index (κ3) is 4.79. The van der Waals surface area contributed by atoms with Crippen LogP contribution in [0.25, 0.3) is 11.0 Å². The largest absolute Gasteiger partial charge is 0.351 e. The van der Waals surface area contributed by atoms with E-state index in [1.165, 1.54) is 11.8 Å². The molecule has 0 aliphatic heterocycles. The summed E-state index contributed by atoms with van der Waals surface area (Å²) in [5.41, 5.74) is 8.64. The molecule has 1 heterocycles. The number of carbonyl (C=O) groups is 2. The van der Waals surface area contributed by atoms with Crippen LogP contribution >= 0.6 is 11.8 Å². The summed E-state index contributed by atoms with van der Waals surface area (Å²) < 4.78 is 2.11. The average molecular weight is 383 g/mol. The van der Waals surface area contributed by atoms with E-state index in [1.54, 1.807) is 12.1 Å². The van der Waals surface area contributed by atoms with E-state index in [9.17, 15) is 9.59 Å². The lowest BCUT2D eigenvalue weighted by atomic mass is 10.2. The van der Waals surface area contributed by atoms with Crippen LogP contribution in [0.3, 0.4) is 0 Å². The number of rotatable bonds is 7. The molecule has 0 radical (unpaired) electrons. The molecule has 2 aromatic carbocycles. The van der Waals surface area contributed by atoms with Crippen molar-refractivity contribution >= 4 is 40.4 Å². The molecule has 0 bridgehead atoms. The first kappa shape index (κ1) is 18.8. The molecular formula is C19H21N5O2S. The second kappa shape index (κ2) is 8.59. The molecule has 3 aromatic rings. The summed E-state index contributed by atoms with van der Waals surface area (Å²) in [5.74, 6) is 0.235. The van der Waals surface area contributed by atoms with Crippen molar-refractivity contribution in [1.29, 1.82) is 0 Å². The van der Waals surface area contributed by atoms with Gasteiger partial charge < -0.3 is 20.9 Å². The van der Waals surface area contributed by atoms with Crippen LogP contribution in [0, 0.1) is 0 Å². The normalized spacial score (nSPS) is 10.7. The van der Waals surface area contributed by atoms with Crippen LogP contribution in [-0.2, 0) is 17.9 Å². The fourth-order valence-electron chi connectivity index (χ4n) is 2.70. The van der Waals surface area contributed by atoms with Crippen LogP contribution in [0.1, 0.15) is 12.5 Å². The molecule has 0 aliphatic rings. The summed E-state index contributed by atoms with van der Waals surface area (Å²) in [5, 5.41) is 6.23. The van der Waals surface area contributed by atoms with Crippen molar-refractivity contribution < 1.29 is 9.59 Å². The van der Waals surface area contributed by atoms with E-state index in [0.29, 0.717) is 18.0 Å². The summed E-state index contributed by atoms with van der Waals surface area (Å²) in [7, 11) is 0. The minimum atomic E-state index is -0.605. The predicted molar refractivity (Wildman–Crippen MR) is 108 cm³/mol. The lowest BCUT2D eigenvalue weighted by molar-refractivity contribution is -0.118. The standard InChI is InChI=1S/C19H21N5O2S/c1-2-24-16-6-4-3-5-15(16)23-19(24)27-12-17(25)21-11-13-7-9-14(10-8-13)22-18(20)26/h3-10H,2,11-12H2,1H3,(H,21,25)(H3,20,22,26). The zero-order valence-corrected chi connectivity index (χ0v) is 15.8. The Morgan fingerprint density at radius 2 is 1.89 bits per heavy atom. The van der Waals surface area contributed by atoms with E-state index in [1.807, 2.05) is 36.4 Å². The van der Waals surface area contributed by atoms with Gasteiger partial charge in [0.1, 0.15) is 0 Å². The van der Waals surface area contributed by atoms with E-state index in [0.717, 1.165) is 28.3 Å². The van der Waals surface area contributed by atoms with Crippen molar-refractivity contribution in [3.63, 3.8) is 0 Å². The van der Waals surface area contributed by atoms with Gasteiger partial charge in [0, 0.05) is 18.8 Å². The van der Waals surface area contributed by atoms with Gasteiger partial charge in [-0.3, -0.25) is 4.79 Å². The van der Waals surface area contributed by atoms with Gasteiger partial charge in [-0.15, -0.1) is 0 Å². The topological polar surface area (TPSA) is 102 Å². The zero-order chi connectivity index (χ0) is 19.2. The molecule has 8 heteroatoms. The zero-order valence-electron chi connectivity index (χ0n) is 14.9. The fourth-order valence-corrected chi connectivity index (χ4v) is 3.61. The maximum absolute atomic E-state index is 12.2. The SMILES string of the molecule is CCn1c(SCC(=O)NCc2ccc(NC(N)=O)cc2)nc2ccccc21. The molecule has 27 heavy (non-hydrogen) atoms. The number of urea groups is 1. The molecule has 7 nitrogen and oxygen atoms in total. The van der Waals surface area contributed by atoms with Crippen LogP contribution in [-0.4, -0.2) is 27.2 Å². The summed E-state index contributed by atoms with van der Waals surface area (Å²) in [4.78, 5) is 27.6. The van der Waals surface area contributed by atoms with Gasteiger partial charge in [0.05, 0.1) is 16.8 Å². The molecule has 0 fully saturated rings. The molecule has 0 unspecified atom stereocenters. The van der Waals surface area contributed by atoms with Gasteiger partial charge in [0.2, 0.25) is 5.91 Å². The number of nitrogens with zero attached hydrogens (tertiary/aromatic N) is 2. The minimum Gasteiger partial charge on any atom is -0.351 e. The number of carbonyl (C=O) groups excluding carboxylic acids is 2. The molecule has 0 aliphatic carbocycles. The van der Waals surface area contributed by atoms with Crippen molar-refractivity contribution in [3.05, 3.63) is 54.1 Å². The van der Waals surface area contributed by atoms with Crippen LogP contribution < -0.4 is 16.4 Å². The Balaban J connectivity index is 1.53. The van der Waals surface area contributed by atoms with Gasteiger partial charge >= 0.3 is 6.03 Å². The monoisotopic (exact) mass is 383 g/mol. The van der Waals surface area contributed by atoms with E-state index in [4.69, 9.17) is 5.73 Å².